The van der Waals surface area contributed by atoms with Gasteiger partial charge in [-0.3, -0.25) is 4.79 Å². The van der Waals surface area contributed by atoms with Crippen LogP contribution >= 0.6 is 11.8 Å². The van der Waals surface area contributed by atoms with Crippen LogP contribution in [-0.2, 0) is 19.2 Å². The van der Waals surface area contributed by atoms with E-state index in [9.17, 15) is 9.18 Å². The van der Waals surface area contributed by atoms with Crippen LogP contribution in [-0.4, -0.2) is 22.0 Å². The summed E-state index contributed by atoms with van der Waals surface area (Å²) in [5.41, 5.74) is 1.63. The zero-order chi connectivity index (χ0) is 18.1. The number of halogens is 1. The van der Waals surface area contributed by atoms with Crippen LogP contribution < -0.4 is 4.90 Å². The highest BCUT2D eigenvalue weighted by atomic mass is 32.2. The number of thioether (sulfide) groups is 1. The van der Waals surface area contributed by atoms with Crippen molar-refractivity contribution in [1.82, 2.24) is 9.55 Å². The van der Waals surface area contributed by atoms with E-state index >= 15 is 0 Å². The number of hydrogen-bond acceptors (Lipinski definition) is 4. The van der Waals surface area contributed by atoms with Gasteiger partial charge in [0.1, 0.15) is 11.6 Å². The summed E-state index contributed by atoms with van der Waals surface area (Å²) in [6.45, 7) is 0.607. The van der Waals surface area contributed by atoms with Gasteiger partial charge in [0.2, 0.25) is 0 Å². The lowest BCUT2D eigenvalue weighted by molar-refractivity contribution is 0.0957. The number of aromatic nitrogens is 2. The van der Waals surface area contributed by atoms with Crippen molar-refractivity contribution in [3.8, 4) is 0 Å². The van der Waals surface area contributed by atoms with Gasteiger partial charge < -0.3 is 13.9 Å². The van der Waals surface area contributed by atoms with E-state index < -0.39 is 0 Å². The Balaban J connectivity index is 1.50. The molecule has 1 amide bonds. The average Bonchev–Trinajstić information content (AvgIpc) is 3.27. The monoisotopic (exact) mass is 371 g/mol. The van der Waals surface area contributed by atoms with Crippen LogP contribution in [0.4, 0.5) is 10.1 Å². The number of rotatable bonds is 4. The molecule has 4 rings (SSSR count). The summed E-state index contributed by atoms with van der Waals surface area (Å²) in [6.07, 6.45) is 5.22. The van der Waals surface area contributed by atoms with Gasteiger partial charge in [0.25, 0.3) is 5.91 Å². The Morgan fingerprint density at radius 2 is 2.23 bits per heavy atom. The molecule has 0 aliphatic carbocycles. The lowest BCUT2D eigenvalue weighted by Gasteiger charge is -2.28. The van der Waals surface area contributed by atoms with Crippen molar-refractivity contribution in [3.63, 3.8) is 0 Å². The SMILES string of the molecule is Cn1ccnc1SCc1ccc(C(=O)N2CCCc3cc(F)ccc32)o1. The maximum absolute atomic E-state index is 13.4. The predicted octanol–water partition coefficient (Wildman–Crippen LogP) is 4.04. The van der Waals surface area contributed by atoms with Gasteiger partial charge in [-0.1, -0.05) is 11.8 Å². The van der Waals surface area contributed by atoms with Crippen molar-refractivity contribution in [1.29, 1.82) is 0 Å². The van der Waals surface area contributed by atoms with Gasteiger partial charge in [-0.15, -0.1) is 0 Å². The van der Waals surface area contributed by atoms with Crippen molar-refractivity contribution in [2.24, 2.45) is 7.05 Å². The first-order valence-corrected chi connectivity index (χ1v) is 9.39. The summed E-state index contributed by atoms with van der Waals surface area (Å²) >= 11 is 1.55. The molecular formula is C19H18FN3O2S. The molecule has 0 N–H and O–H groups in total. The molecule has 7 heteroatoms. The number of hydrogen-bond donors (Lipinski definition) is 0. The molecular weight excluding hydrogens is 353 g/mol. The molecule has 0 spiro atoms. The van der Waals surface area contributed by atoms with Gasteiger partial charge in [-0.05, 0) is 48.7 Å². The first kappa shape index (κ1) is 16.9. The maximum atomic E-state index is 13.4. The Hall–Kier alpha value is -2.54. The number of amides is 1. The second-order valence-corrected chi connectivity index (χ2v) is 7.15. The first-order chi connectivity index (χ1) is 12.6. The normalized spacial score (nSPS) is 13.7. The highest BCUT2D eigenvalue weighted by Crippen LogP contribution is 2.30. The van der Waals surface area contributed by atoms with Crippen molar-refractivity contribution in [2.45, 2.75) is 23.8 Å². The number of aryl methyl sites for hydroxylation is 2. The second kappa shape index (κ2) is 6.99. The van der Waals surface area contributed by atoms with Crippen molar-refractivity contribution >= 4 is 23.4 Å². The molecule has 5 nitrogen and oxygen atoms in total. The number of nitrogens with zero attached hydrogens (tertiary/aromatic N) is 3. The van der Waals surface area contributed by atoms with E-state index in [1.54, 1.807) is 35.0 Å². The van der Waals surface area contributed by atoms with Gasteiger partial charge in [0, 0.05) is 31.7 Å². The van der Waals surface area contributed by atoms with Crippen LogP contribution in [0.1, 0.15) is 28.3 Å². The Labute approximate surface area is 154 Å². The molecule has 1 aromatic carbocycles. The van der Waals surface area contributed by atoms with Crippen LogP contribution in [0.15, 0.2) is 52.3 Å². The number of carbonyl (C=O) groups excluding carboxylic acids is 1. The van der Waals surface area contributed by atoms with Gasteiger partial charge >= 0.3 is 0 Å². The van der Waals surface area contributed by atoms with Gasteiger partial charge in [-0.2, -0.15) is 0 Å². The van der Waals surface area contributed by atoms with E-state index in [-0.39, 0.29) is 11.7 Å². The molecule has 0 fully saturated rings. The third kappa shape index (κ3) is 3.26. The van der Waals surface area contributed by atoms with E-state index in [1.165, 1.54) is 12.1 Å². The summed E-state index contributed by atoms with van der Waals surface area (Å²) in [5, 5.41) is 0.890. The highest BCUT2D eigenvalue weighted by molar-refractivity contribution is 7.98. The first-order valence-electron chi connectivity index (χ1n) is 8.41. The van der Waals surface area contributed by atoms with Gasteiger partial charge in [-0.25, -0.2) is 9.37 Å². The van der Waals surface area contributed by atoms with Crippen LogP contribution in [0.2, 0.25) is 0 Å². The molecule has 0 radical (unpaired) electrons. The zero-order valence-electron chi connectivity index (χ0n) is 14.3. The Bertz CT molecular complexity index is 950. The number of anilines is 1. The molecule has 3 heterocycles. The summed E-state index contributed by atoms with van der Waals surface area (Å²) in [6, 6.07) is 8.09. The third-order valence-corrected chi connectivity index (χ3v) is 5.48. The van der Waals surface area contributed by atoms with E-state index in [0.717, 1.165) is 35.0 Å². The number of furan rings is 1. The minimum Gasteiger partial charge on any atom is -0.455 e. The number of carbonyl (C=O) groups is 1. The molecule has 1 aliphatic rings. The molecule has 0 atom stereocenters. The smallest absolute Gasteiger partial charge is 0.293 e. The van der Waals surface area contributed by atoms with Crippen LogP contribution in [0.3, 0.4) is 0 Å². The fraction of sp³-hybridized carbons (Fsp3) is 0.263. The summed E-state index contributed by atoms with van der Waals surface area (Å²) in [4.78, 5) is 18.8. The molecule has 0 bridgehead atoms. The molecule has 26 heavy (non-hydrogen) atoms. The lowest BCUT2D eigenvalue weighted by atomic mass is 10.0. The topological polar surface area (TPSA) is 51.3 Å². The Morgan fingerprint density at radius 3 is 3.04 bits per heavy atom. The standard InChI is InChI=1S/C19H18FN3O2S/c1-22-10-8-21-19(22)26-12-15-5-7-17(25-15)18(24)23-9-2-3-13-11-14(20)4-6-16(13)23/h4-8,10-11H,2-3,9,12H2,1H3. The quantitative estimate of drug-likeness (QED) is 0.650. The van der Waals surface area contributed by atoms with Crippen LogP contribution in [0, 0.1) is 5.82 Å². The van der Waals surface area contributed by atoms with Crippen molar-refractivity contribution in [3.05, 3.63) is 65.6 Å². The Kier molecular flexibility index (Phi) is 4.55. The Morgan fingerprint density at radius 1 is 1.35 bits per heavy atom. The molecule has 3 aromatic rings. The fourth-order valence-corrected chi connectivity index (χ4v) is 3.93. The molecule has 1 aliphatic heterocycles. The van der Waals surface area contributed by atoms with E-state index in [4.69, 9.17) is 4.42 Å². The maximum Gasteiger partial charge on any atom is 0.293 e. The number of imidazole rings is 1. The summed E-state index contributed by atoms with van der Waals surface area (Å²) in [5.74, 6) is 1.16. The summed E-state index contributed by atoms with van der Waals surface area (Å²) < 4.78 is 21.1. The summed E-state index contributed by atoms with van der Waals surface area (Å²) in [7, 11) is 1.93. The lowest BCUT2D eigenvalue weighted by Crippen LogP contribution is -2.35. The van der Waals surface area contributed by atoms with Gasteiger partial charge in [0.05, 0.1) is 5.75 Å². The minimum atomic E-state index is -0.273. The van der Waals surface area contributed by atoms with E-state index in [1.807, 2.05) is 23.9 Å². The van der Waals surface area contributed by atoms with Crippen molar-refractivity contribution < 1.29 is 13.6 Å². The molecule has 0 unspecified atom stereocenters. The average molecular weight is 371 g/mol. The fourth-order valence-electron chi connectivity index (χ4n) is 3.11. The van der Waals surface area contributed by atoms with Crippen molar-refractivity contribution in [2.75, 3.05) is 11.4 Å². The number of fused-ring (bicyclic) bond motifs is 1. The molecule has 2 aromatic heterocycles. The molecule has 134 valence electrons. The predicted molar refractivity (Wildman–Crippen MR) is 97.9 cm³/mol. The zero-order valence-corrected chi connectivity index (χ0v) is 15.1. The molecule has 0 saturated heterocycles. The van der Waals surface area contributed by atoms with Crippen LogP contribution in [0.5, 0.6) is 0 Å². The van der Waals surface area contributed by atoms with E-state index in [0.29, 0.717) is 18.1 Å². The number of benzene rings is 1. The third-order valence-electron chi connectivity index (χ3n) is 4.40. The van der Waals surface area contributed by atoms with Crippen LogP contribution in [0.25, 0.3) is 0 Å². The van der Waals surface area contributed by atoms with E-state index in [2.05, 4.69) is 4.98 Å². The highest BCUT2D eigenvalue weighted by Gasteiger charge is 2.26. The minimum absolute atomic E-state index is 0.189. The van der Waals surface area contributed by atoms with Gasteiger partial charge in [0.15, 0.2) is 10.9 Å². The largest absolute Gasteiger partial charge is 0.455 e. The second-order valence-electron chi connectivity index (χ2n) is 6.21. The molecule has 0 saturated carbocycles.